The van der Waals surface area contributed by atoms with Crippen molar-refractivity contribution < 1.29 is 22.7 Å². The Kier molecular flexibility index (Phi) is 4.01. The van der Waals surface area contributed by atoms with E-state index < -0.39 is 23.2 Å². The quantitative estimate of drug-likeness (QED) is 0.877. The average Bonchev–Trinajstić information content (AvgIpc) is 2.39. The summed E-state index contributed by atoms with van der Waals surface area (Å²) in [5.74, 6) is -0.817. The van der Waals surface area contributed by atoms with Gasteiger partial charge in [-0.15, -0.1) is 0 Å². The first-order valence-corrected chi connectivity index (χ1v) is 5.63. The lowest BCUT2D eigenvalue weighted by Gasteiger charge is -2.27. The molecule has 0 bridgehead atoms. The molecule has 1 aliphatic rings. The summed E-state index contributed by atoms with van der Waals surface area (Å²) in [6.07, 6.45) is -2.66. The molecule has 1 aromatic heterocycles. The molecule has 2 heterocycles. The number of hydrogen-bond donors (Lipinski definition) is 1. The van der Waals surface area contributed by atoms with E-state index in [1.165, 1.54) is 5.01 Å². The van der Waals surface area contributed by atoms with E-state index in [2.05, 4.69) is 10.4 Å². The van der Waals surface area contributed by atoms with Gasteiger partial charge in [0.2, 0.25) is 0 Å². The van der Waals surface area contributed by atoms with Crippen LogP contribution in [0.15, 0.2) is 18.5 Å². The number of alkyl halides is 3. The number of amides is 1. The van der Waals surface area contributed by atoms with Crippen molar-refractivity contribution in [2.75, 3.05) is 26.3 Å². The first-order chi connectivity index (χ1) is 8.98. The van der Waals surface area contributed by atoms with Crippen LogP contribution >= 0.6 is 0 Å². The number of halogens is 3. The van der Waals surface area contributed by atoms with Gasteiger partial charge in [0, 0.05) is 25.5 Å². The predicted octanol–water partition coefficient (Wildman–Crippen LogP) is 1.08. The van der Waals surface area contributed by atoms with Gasteiger partial charge in [0.1, 0.15) is 0 Å². The molecule has 0 aromatic carbocycles. The van der Waals surface area contributed by atoms with Crippen molar-refractivity contribution in [3.8, 4) is 0 Å². The molecule has 0 radical (unpaired) electrons. The summed E-state index contributed by atoms with van der Waals surface area (Å²) in [6, 6.07) is 0.786. The van der Waals surface area contributed by atoms with Crippen LogP contribution in [0.3, 0.4) is 0 Å². The molecule has 1 amide bonds. The van der Waals surface area contributed by atoms with Crippen LogP contribution in [-0.4, -0.2) is 42.2 Å². The Morgan fingerprint density at radius 1 is 1.37 bits per heavy atom. The zero-order valence-electron chi connectivity index (χ0n) is 9.91. The lowest BCUT2D eigenvalue weighted by Crippen LogP contribution is -2.48. The Labute approximate surface area is 107 Å². The van der Waals surface area contributed by atoms with E-state index in [9.17, 15) is 18.0 Å². The van der Waals surface area contributed by atoms with E-state index in [1.54, 1.807) is 0 Å². The van der Waals surface area contributed by atoms with Gasteiger partial charge in [-0.2, -0.15) is 13.2 Å². The van der Waals surface area contributed by atoms with Gasteiger partial charge in [0.25, 0.3) is 5.91 Å². The van der Waals surface area contributed by atoms with Gasteiger partial charge in [-0.25, -0.2) is 5.01 Å². The Hall–Kier alpha value is -1.67. The Balaban J connectivity index is 2.14. The van der Waals surface area contributed by atoms with Crippen molar-refractivity contribution in [2.24, 2.45) is 0 Å². The summed E-state index contributed by atoms with van der Waals surface area (Å²) >= 11 is 0. The summed E-state index contributed by atoms with van der Waals surface area (Å²) in [6.45, 7) is 1.74. The second kappa shape index (κ2) is 5.54. The van der Waals surface area contributed by atoms with Crippen LogP contribution in [0, 0.1) is 0 Å². The minimum Gasteiger partial charge on any atom is -0.379 e. The van der Waals surface area contributed by atoms with E-state index in [0.717, 1.165) is 18.5 Å². The number of aromatic nitrogens is 1. The largest absolute Gasteiger partial charge is 0.417 e. The van der Waals surface area contributed by atoms with Crippen LogP contribution in [0.4, 0.5) is 13.2 Å². The third kappa shape index (κ3) is 3.42. The second-order valence-corrected chi connectivity index (χ2v) is 3.96. The number of carbonyl (C=O) groups is 1. The number of pyridine rings is 1. The summed E-state index contributed by atoms with van der Waals surface area (Å²) in [5.41, 5.74) is 0.945. The van der Waals surface area contributed by atoms with Gasteiger partial charge < -0.3 is 4.74 Å². The molecule has 1 aromatic rings. The normalized spacial score (nSPS) is 17.2. The maximum Gasteiger partial charge on any atom is 0.417 e. The van der Waals surface area contributed by atoms with Gasteiger partial charge in [-0.3, -0.25) is 15.2 Å². The van der Waals surface area contributed by atoms with Crippen molar-refractivity contribution >= 4 is 5.91 Å². The Morgan fingerprint density at radius 2 is 2.05 bits per heavy atom. The smallest absolute Gasteiger partial charge is 0.379 e. The highest BCUT2D eigenvalue weighted by Gasteiger charge is 2.35. The highest BCUT2D eigenvalue weighted by atomic mass is 19.4. The molecule has 0 saturated carbocycles. The Bertz CT molecular complexity index is 459. The molecule has 1 N–H and O–H groups in total. The van der Waals surface area contributed by atoms with Crippen molar-refractivity contribution in [3.63, 3.8) is 0 Å². The highest BCUT2D eigenvalue weighted by molar-refractivity contribution is 5.95. The number of carbonyl (C=O) groups excluding carboxylic acids is 1. The van der Waals surface area contributed by atoms with Crippen molar-refractivity contribution in [3.05, 3.63) is 29.6 Å². The fourth-order valence-corrected chi connectivity index (χ4v) is 1.70. The van der Waals surface area contributed by atoms with Gasteiger partial charge >= 0.3 is 6.18 Å². The molecule has 8 heteroatoms. The zero-order chi connectivity index (χ0) is 13.9. The molecule has 0 unspecified atom stereocenters. The number of nitrogens with one attached hydrogen (secondary N) is 1. The minimum atomic E-state index is -4.58. The number of rotatable bonds is 2. The lowest BCUT2D eigenvalue weighted by molar-refractivity contribution is -0.138. The monoisotopic (exact) mass is 275 g/mol. The highest BCUT2D eigenvalue weighted by Crippen LogP contribution is 2.31. The topological polar surface area (TPSA) is 54.5 Å². The maximum atomic E-state index is 12.7. The number of ether oxygens (including phenoxy) is 1. The molecule has 19 heavy (non-hydrogen) atoms. The fourth-order valence-electron chi connectivity index (χ4n) is 1.70. The SMILES string of the molecule is O=C(NN1CCOCC1)c1cnccc1C(F)(F)F. The first-order valence-electron chi connectivity index (χ1n) is 5.63. The molecular weight excluding hydrogens is 263 g/mol. The first kappa shape index (κ1) is 13.8. The van der Waals surface area contributed by atoms with E-state index in [1.807, 2.05) is 0 Å². The molecule has 0 aliphatic carbocycles. The third-order valence-electron chi connectivity index (χ3n) is 2.64. The zero-order valence-corrected chi connectivity index (χ0v) is 9.91. The van der Waals surface area contributed by atoms with Crippen LogP contribution in [-0.2, 0) is 10.9 Å². The van der Waals surface area contributed by atoms with Crippen LogP contribution in [0.2, 0.25) is 0 Å². The van der Waals surface area contributed by atoms with Crippen LogP contribution in [0.1, 0.15) is 15.9 Å². The van der Waals surface area contributed by atoms with Gasteiger partial charge in [0.15, 0.2) is 0 Å². The number of nitrogens with zero attached hydrogens (tertiary/aromatic N) is 2. The standard InChI is InChI=1S/C11H12F3N3O2/c12-11(13,14)9-1-2-15-7-8(9)10(18)16-17-3-5-19-6-4-17/h1-2,7H,3-6H2,(H,16,18). The number of morpholine rings is 1. The molecule has 0 atom stereocenters. The molecule has 5 nitrogen and oxygen atoms in total. The van der Waals surface area contributed by atoms with Crippen LogP contribution < -0.4 is 5.43 Å². The van der Waals surface area contributed by atoms with E-state index in [4.69, 9.17) is 4.74 Å². The third-order valence-corrected chi connectivity index (χ3v) is 2.64. The molecule has 2 rings (SSSR count). The molecule has 0 spiro atoms. The molecule has 1 fully saturated rings. The maximum absolute atomic E-state index is 12.7. The summed E-state index contributed by atoms with van der Waals surface area (Å²) in [5, 5.41) is 1.53. The molecule has 1 aliphatic heterocycles. The lowest BCUT2D eigenvalue weighted by atomic mass is 10.1. The van der Waals surface area contributed by atoms with E-state index >= 15 is 0 Å². The number of hydrogen-bond acceptors (Lipinski definition) is 4. The molecule has 1 saturated heterocycles. The van der Waals surface area contributed by atoms with Crippen LogP contribution in [0.25, 0.3) is 0 Å². The second-order valence-electron chi connectivity index (χ2n) is 3.96. The summed E-state index contributed by atoms with van der Waals surface area (Å²) in [7, 11) is 0. The van der Waals surface area contributed by atoms with Crippen LogP contribution in [0.5, 0.6) is 0 Å². The van der Waals surface area contributed by atoms with Crippen molar-refractivity contribution in [2.45, 2.75) is 6.18 Å². The van der Waals surface area contributed by atoms with E-state index in [-0.39, 0.29) is 0 Å². The van der Waals surface area contributed by atoms with E-state index in [0.29, 0.717) is 26.3 Å². The fraction of sp³-hybridized carbons (Fsp3) is 0.455. The Morgan fingerprint density at radius 3 is 2.68 bits per heavy atom. The van der Waals surface area contributed by atoms with Crippen molar-refractivity contribution in [1.82, 2.24) is 15.4 Å². The predicted molar refractivity (Wildman–Crippen MR) is 59.1 cm³/mol. The van der Waals surface area contributed by atoms with Gasteiger partial charge in [-0.05, 0) is 6.07 Å². The number of hydrazine groups is 1. The minimum absolute atomic E-state index is 0.430. The van der Waals surface area contributed by atoms with Crippen molar-refractivity contribution in [1.29, 1.82) is 0 Å². The average molecular weight is 275 g/mol. The van der Waals surface area contributed by atoms with Gasteiger partial charge in [-0.1, -0.05) is 0 Å². The molecule has 104 valence electrons. The molecular formula is C11H12F3N3O2. The van der Waals surface area contributed by atoms with Gasteiger partial charge in [0.05, 0.1) is 24.3 Å². The summed E-state index contributed by atoms with van der Waals surface area (Å²) < 4.78 is 43.3. The summed E-state index contributed by atoms with van der Waals surface area (Å²) in [4.78, 5) is 15.4.